The van der Waals surface area contributed by atoms with Crippen LogP contribution in [-0.4, -0.2) is 52.9 Å². The van der Waals surface area contributed by atoms with Crippen molar-refractivity contribution >= 4 is 44.3 Å². The lowest BCUT2D eigenvalue weighted by Gasteiger charge is -2.16. The summed E-state index contributed by atoms with van der Waals surface area (Å²) in [6.07, 6.45) is 0.293. The van der Waals surface area contributed by atoms with E-state index in [9.17, 15) is 23.4 Å². The van der Waals surface area contributed by atoms with Gasteiger partial charge in [0.25, 0.3) is 10.0 Å². The predicted octanol–water partition coefficient (Wildman–Crippen LogP) is 2.88. The average Bonchev–Trinajstić information content (AvgIpc) is 2.85. The van der Waals surface area contributed by atoms with Crippen molar-refractivity contribution in [3.63, 3.8) is 0 Å². The Morgan fingerprint density at radius 2 is 1.61 bits per heavy atom. The van der Waals surface area contributed by atoms with Gasteiger partial charge < -0.3 is 25.4 Å². The molecule has 1 heterocycles. The van der Waals surface area contributed by atoms with Gasteiger partial charge in [-0.1, -0.05) is 18.2 Å². The molecule has 11 nitrogen and oxygen atoms in total. The van der Waals surface area contributed by atoms with Crippen LogP contribution in [0.1, 0.15) is 5.56 Å². The number of aliphatic carboxylic acids is 1. The number of rotatable bonds is 10. The number of hydrogen-bond acceptors (Lipinski definition) is 9. The first-order valence-corrected chi connectivity index (χ1v) is 12.2. The summed E-state index contributed by atoms with van der Waals surface area (Å²) in [4.78, 5) is 19.5. The van der Waals surface area contributed by atoms with Crippen molar-refractivity contribution in [2.24, 2.45) is 0 Å². The average molecular weight is 511 g/mol. The largest absolute Gasteiger partial charge is 0.508 e. The number of aromatic hydroxyl groups is 1. The number of aliphatic hydroxyl groups excluding tert-OH is 1. The number of aliphatic hydroxyl groups is 1. The van der Waals surface area contributed by atoms with Gasteiger partial charge in [-0.05, 0) is 54.4 Å². The highest BCUT2D eigenvalue weighted by atomic mass is 32.2. The number of anilines is 3. The molecule has 0 aliphatic heterocycles. The number of nitrogens with one attached hydrogen (secondary N) is 2. The Kier molecular flexibility index (Phi) is 7.17. The van der Waals surface area contributed by atoms with Crippen molar-refractivity contribution in [1.82, 2.24) is 9.97 Å². The van der Waals surface area contributed by atoms with E-state index >= 15 is 0 Å². The van der Waals surface area contributed by atoms with Gasteiger partial charge >= 0.3 is 5.97 Å². The molecule has 0 radical (unpaired) electrons. The maximum Gasteiger partial charge on any atom is 0.341 e. The zero-order valence-corrected chi connectivity index (χ0v) is 19.6. The van der Waals surface area contributed by atoms with Crippen molar-refractivity contribution in [2.45, 2.75) is 11.3 Å². The first-order valence-electron chi connectivity index (χ1n) is 10.7. The number of carbonyl (C=O) groups is 1. The minimum absolute atomic E-state index is 0.0275. The molecule has 0 atom stereocenters. The number of phenols is 1. The number of hydrogen-bond donors (Lipinski definition) is 5. The van der Waals surface area contributed by atoms with Crippen LogP contribution in [0.5, 0.6) is 11.5 Å². The third kappa shape index (κ3) is 5.79. The van der Waals surface area contributed by atoms with Crippen LogP contribution in [0.25, 0.3) is 11.0 Å². The molecule has 4 aromatic rings. The maximum atomic E-state index is 13.1. The number of ether oxygens (including phenoxy) is 1. The lowest BCUT2D eigenvalue weighted by Crippen LogP contribution is -2.16. The van der Waals surface area contributed by atoms with Gasteiger partial charge in [0, 0.05) is 18.4 Å². The minimum Gasteiger partial charge on any atom is -0.508 e. The lowest BCUT2D eigenvalue weighted by molar-refractivity contribution is -0.139. The maximum absolute atomic E-state index is 13.1. The van der Waals surface area contributed by atoms with E-state index in [-0.39, 0.29) is 34.6 Å². The van der Waals surface area contributed by atoms with Gasteiger partial charge in [0.1, 0.15) is 11.5 Å². The molecule has 0 aliphatic carbocycles. The van der Waals surface area contributed by atoms with E-state index in [2.05, 4.69) is 20.0 Å². The van der Waals surface area contributed by atoms with Crippen LogP contribution in [-0.2, 0) is 21.2 Å². The molecule has 0 saturated carbocycles. The number of carboxylic acid groups (broad SMARTS) is 1. The van der Waals surface area contributed by atoms with Gasteiger partial charge in [-0.25, -0.2) is 23.2 Å². The summed E-state index contributed by atoms with van der Waals surface area (Å²) >= 11 is 0. The highest BCUT2D eigenvalue weighted by Crippen LogP contribution is 2.30. The topological polar surface area (TPSA) is 171 Å². The number of fused-ring (bicyclic) bond motifs is 1. The number of benzene rings is 3. The fourth-order valence-electron chi connectivity index (χ4n) is 3.35. The van der Waals surface area contributed by atoms with Crippen LogP contribution in [0, 0.1) is 0 Å². The number of phenolic OH excluding ortho intramolecular Hbond substituents is 1. The molecule has 5 N–H and O–H groups in total. The molecular weight excluding hydrogens is 488 g/mol. The van der Waals surface area contributed by atoms with Crippen molar-refractivity contribution < 1.29 is 33.3 Å². The second-order valence-corrected chi connectivity index (χ2v) is 9.29. The van der Waals surface area contributed by atoms with Crippen LogP contribution >= 0.6 is 0 Å². The normalized spacial score (nSPS) is 11.2. The summed E-state index contributed by atoms with van der Waals surface area (Å²) in [7, 11) is -4.13. The van der Waals surface area contributed by atoms with Gasteiger partial charge in [-0.3, -0.25) is 4.72 Å². The van der Waals surface area contributed by atoms with Crippen LogP contribution in [0.15, 0.2) is 71.6 Å². The summed E-state index contributed by atoms with van der Waals surface area (Å²) in [5.41, 5.74) is 2.06. The molecule has 0 aliphatic rings. The molecule has 0 bridgehead atoms. The Morgan fingerprint density at radius 3 is 2.25 bits per heavy atom. The van der Waals surface area contributed by atoms with Crippen LogP contribution in [0.3, 0.4) is 0 Å². The summed E-state index contributed by atoms with van der Waals surface area (Å²) in [6.45, 7) is -0.687. The van der Waals surface area contributed by atoms with Crippen molar-refractivity contribution in [3.05, 3.63) is 72.3 Å². The monoisotopic (exact) mass is 510 g/mol. The van der Waals surface area contributed by atoms with E-state index in [1.165, 1.54) is 36.4 Å². The molecule has 12 heteroatoms. The molecular formula is C24H22N4O7S. The zero-order chi connectivity index (χ0) is 25.7. The highest BCUT2D eigenvalue weighted by molar-refractivity contribution is 7.92. The Labute approximate surface area is 206 Å². The fourth-order valence-corrected chi connectivity index (χ4v) is 4.36. The van der Waals surface area contributed by atoms with Gasteiger partial charge in [0.05, 0.1) is 15.9 Å². The van der Waals surface area contributed by atoms with Crippen molar-refractivity contribution in [1.29, 1.82) is 0 Å². The summed E-state index contributed by atoms with van der Waals surface area (Å²) < 4.78 is 33.7. The van der Waals surface area contributed by atoms with Crippen LogP contribution in [0.2, 0.25) is 0 Å². The molecule has 186 valence electrons. The lowest BCUT2D eigenvalue weighted by atomic mass is 10.1. The SMILES string of the molecule is O=C(O)COc1ccc(S(=O)(=O)Nc2nc3ccccc3nc2Nc2cc(O)ccc2CCO)cc1. The molecule has 0 saturated heterocycles. The third-order valence-corrected chi connectivity index (χ3v) is 6.38. The number of sulfonamides is 1. The van der Waals surface area contributed by atoms with Crippen LogP contribution < -0.4 is 14.8 Å². The second kappa shape index (κ2) is 10.5. The second-order valence-electron chi connectivity index (χ2n) is 7.61. The van der Waals surface area contributed by atoms with Gasteiger partial charge in [0.2, 0.25) is 0 Å². The van der Waals surface area contributed by atoms with E-state index in [1.54, 1.807) is 30.3 Å². The van der Waals surface area contributed by atoms with Crippen molar-refractivity contribution in [2.75, 3.05) is 23.3 Å². The Hall–Kier alpha value is -4.42. The van der Waals surface area contributed by atoms with E-state index in [1.807, 2.05) is 0 Å². The molecule has 3 aromatic carbocycles. The van der Waals surface area contributed by atoms with Crippen molar-refractivity contribution in [3.8, 4) is 11.5 Å². The Balaban J connectivity index is 1.70. The molecule has 36 heavy (non-hydrogen) atoms. The van der Waals surface area contributed by atoms with Crippen LogP contribution in [0.4, 0.5) is 17.3 Å². The minimum atomic E-state index is -4.13. The summed E-state index contributed by atoms with van der Waals surface area (Å²) in [6, 6.07) is 16.7. The number of para-hydroxylation sites is 2. The smallest absolute Gasteiger partial charge is 0.341 e. The van der Waals surface area contributed by atoms with E-state index < -0.39 is 22.6 Å². The molecule has 0 spiro atoms. The van der Waals surface area contributed by atoms with E-state index in [0.29, 0.717) is 28.7 Å². The predicted molar refractivity (Wildman–Crippen MR) is 132 cm³/mol. The summed E-state index contributed by atoms with van der Waals surface area (Å²) in [5.74, 6) is -0.983. The summed E-state index contributed by atoms with van der Waals surface area (Å²) in [5, 5.41) is 31.1. The highest BCUT2D eigenvalue weighted by Gasteiger charge is 2.20. The standard InChI is InChI=1S/C24H22N4O7S/c29-12-11-15-5-6-16(30)13-21(15)27-23-24(26-20-4-2-1-3-19(20)25-23)28-36(33,34)18-9-7-17(8-10-18)35-14-22(31)32/h1-10,13,29-30H,11-12,14H2,(H,25,27)(H,26,28)(H,31,32). The number of nitrogens with zero attached hydrogens (tertiary/aromatic N) is 2. The first kappa shape index (κ1) is 24.7. The van der Waals surface area contributed by atoms with Gasteiger partial charge in [-0.15, -0.1) is 0 Å². The quantitative estimate of drug-likeness (QED) is 0.214. The number of carboxylic acids is 1. The molecule has 0 amide bonds. The Morgan fingerprint density at radius 1 is 0.944 bits per heavy atom. The molecule has 0 unspecified atom stereocenters. The van der Waals surface area contributed by atoms with Gasteiger partial charge in [0.15, 0.2) is 18.2 Å². The first-order chi connectivity index (χ1) is 17.2. The van der Waals surface area contributed by atoms with E-state index in [0.717, 1.165) is 0 Å². The molecule has 1 aromatic heterocycles. The van der Waals surface area contributed by atoms with E-state index in [4.69, 9.17) is 9.84 Å². The Bertz CT molecular complexity index is 1510. The zero-order valence-electron chi connectivity index (χ0n) is 18.7. The number of aromatic nitrogens is 2. The third-order valence-electron chi connectivity index (χ3n) is 5.03. The van der Waals surface area contributed by atoms with Gasteiger partial charge in [-0.2, -0.15) is 0 Å². The fraction of sp³-hybridized carbons (Fsp3) is 0.125. The molecule has 4 rings (SSSR count). The molecule has 0 fully saturated rings.